The van der Waals surface area contributed by atoms with Gasteiger partial charge in [-0.3, -0.25) is 4.79 Å². The van der Waals surface area contributed by atoms with E-state index in [9.17, 15) is 18.4 Å². The van der Waals surface area contributed by atoms with E-state index >= 15 is 0 Å². The fourth-order valence-electron chi connectivity index (χ4n) is 3.23. The predicted molar refractivity (Wildman–Crippen MR) is 113 cm³/mol. The molecule has 0 saturated carbocycles. The summed E-state index contributed by atoms with van der Waals surface area (Å²) in [7, 11) is 1.59. The van der Waals surface area contributed by atoms with Crippen molar-refractivity contribution < 1.29 is 28.2 Å². The van der Waals surface area contributed by atoms with Crippen LogP contribution in [0.5, 0.6) is 11.6 Å². The van der Waals surface area contributed by atoms with Crippen LogP contribution in [0.15, 0.2) is 48.5 Å². The van der Waals surface area contributed by atoms with Crippen molar-refractivity contribution in [1.82, 2.24) is 15.1 Å². The van der Waals surface area contributed by atoms with Crippen molar-refractivity contribution in [3.8, 4) is 11.6 Å². The van der Waals surface area contributed by atoms with E-state index in [1.165, 1.54) is 41.1 Å². The van der Waals surface area contributed by atoms with Crippen LogP contribution in [0, 0.1) is 6.92 Å². The minimum Gasteiger partial charge on any atom is -0.478 e. The van der Waals surface area contributed by atoms with Gasteiger partial charge in [-0.2, -0.15) is 5.10 Å². The lowest BCUT2D eigenvalue weighted by Crippen LogP contribution is -2.27. The average molecular weight is 443 g/mol. The Morgan fingerprint density at radius 1 is 1.19 bits per heavy atom. The van der Waals surface area contributed by atoms with E-state index in [1.807, 2.05) is 0 Å². The first-order chi connectivity index (χ1) is 15.0. The Morgan fingerprint density at radius 2 is 1.84 bits per heavy atom. The zero-order valence-corrected chi connectivity index (χ0v) is 18.0. The summed E-state index contributed by atoms with van der Waals surface area (Å²) in [5.41, 5.74) is 1.23. The molecule has 1 aromatic heterocycles. The molecule has 1 atom stereocenters. The van der Waals surface area contributed by atoms with Crippen molar-refractivity contribution in [3.05, 3.63) is 76.5 Å². The maximum atomic E-state index is 13.7. The fraction of sp³-hybridized carbons (Fsp3) is 0.261. The maximum absolute atomic E-state index is 13.7. The number of carbonyl (C=O) groups excluding carboxylic acids is 1. The number of hydrogen-bond donors (Lipinski definition) is 2. The molecule has 9 heteroatoms. The fourth-order valence-corrected chi connectivity index (χ4v) is 3.23. The number of hydrogen-bond acceptors (Lipinski definition) is 4. The summed E-state index contributed by atoms with van der Waals surface area (Å²) in [6.07, 6.45) is 0. The molecule has 0 bridgehead atoms. The highest BCUT2D eigenvalue weighted by atomic mass is 19.3. The van der Waals surface area contributed by atoms with Gasteiger partial charge in [0.2, 0.25) is 5.88 Å². The molecule has 0 aliphatic heterocycles. The Balaban J connectivity index is 1.84. The van der Waals surface area contributed by atoms with Crippen LogP contribution >= 0.6 is 0 Å². The molecule has 168 valence electrons. The van der Waals surface area contributed by atoms with Crippen molar-refractivity contribution in [1.29, 1.82) is 0 Å². The Kier molecular flexibility index (Phi) is 6.29. The summed E-state index contributed by atoms with van der Waals surface area (Å²) in [5, 5.41) is 16.1. The SMILES string of the molecule is Cc1nn(C)c(Oc2cccc(C(C)(F)F)c2)c1C(=O)N[C@@H](C)c1ccc(C(=O)O)cc1. The summed E-state index contributed by atoms with van der Waals surface area (Å²) in [6, 6.07) is 11.2. The molecule has 0 radical (unpaired) electrons. The molecule has 2 N–H and O–H groups in total. The van der Waals surface area contributed by atoms with Crippen molar-refractivity contribution in [2.45, 2.75) is 32.7 Å². The van der Waals surface area contributed by atoms with Gasteiger partial charge >= 0.3 is 5.97 Å². The van der Waals surface area contributed by atoms with Crippen LogP contribution in [-0.4, -0.2) is 26.8 Å². The van der Waals surface area contributed by atoms with Crippen LogP contribution in [0.25, 0.3) is 0 Å². The number of carboxylic acids is 1. The lowest BCUT2D eigenvalue weighted by Gasteiger charge is -2.16. The summed E-state index contributed by atoms with van der Waals surface area (Å²) in [4.78, 5) is 24.0. The highest BCUT2D eigenvalue weighted by molar-refractivity contribution is 5.98. The lowest BCUT2D eigenvalue weighted by atomic mass is 10.1. The minimum atomic E-state index is -3.03. The van der Waals surface area contributed by atoms with Crippen molar-refractivity contribution in [3.63, 3.8) is 0 Å². The van der Waals surface area contributed by atoms with Gasteiger partial charge in [-0.25, -0.2) is 18.3 Å². The number of ether oxygens (including phenoxy) is 1. The second-order valence-corrected chi connectivity index (χ2v) is 7.53. The van der Waals surface area contributed by atoms with Gasteiger partial charge in [-0.15, -0.1) is 0 Å². The number of carbonyl (C=O) groups is 2. The Bertz CT molecular complexity index is 1150. The largest absolute Gasteiger partial charge is 0.478 e. The number of benzene rings is 2. The molecule has 1 amide bonds. The second-order valence-electron chi connectivity index (χ2n) is 7.53. The Labute approximate surface area is 183 Å². The summed E-state index contributed by atoms with van der Waals surface area (Å²) in [6.45, 7) is 4.20. The molecule has 0 saturated heterocycles. The highest BCUT2D eigenvalue weighted by Crippen LogP contribution is 2.33. The number of alkyl halides is 2. The van der Waals surface area contributed by atoms with Gasteiger partial charge in [0, 0.05) is 19.5 Å². The molecule has 3 rings (SSSR count). The number of amides is 1. The van der Waals surface area contributed by atoms with E-state index < -0.39 is 23.8 Å². The molecule has 1 heterocycles. The van der Waals surface area contributed by atoms with Crippen LogP contribution in [0.3, 0.4) is 0 Å². The standard InChI is InChI=1S/C23H23F2N3O4/c1-13(15-8-10-16(11-9-15)22(30)31)26-20(29)19-14(2)27-28(4)21(19)32-18-7-5-6-17(12-18)23(3,24)25/h5-13H,1-4H3,(H,26,29)(H,30,31)/t13-/m0/s1. The summed E-state index contributed by atoms with van der Waals surface area (Å²) >= 11 is 0. The number of nitrogens with zero attached hydrogens (tertiary/aromatic N) is 2. The van der Waals surface area contributed by atoms with Crippen molar-refractivity contribution in [2.24, 2.45) is 7.05 Å². The summed E-state index contributed by atoms with van der Waals surface area (Å²) in [5.74, 6) is -4.26. The number of nitrogens with one attached hydrogen (secondary N) is 1. The van der Waals surface area contributed by atoms with Gasteiger partial charge in [0.05, 0.1) is 17.3 Å². The number of aryl methyl sites for hydroxylation is 2. The molecular weight excluding hydrogens is 420 g/mol. The van der Waals surface area contributed by atoms with Crippen LogP contribution in [0.4, 0.5) is 8.78 Å². The third-order valence-corrected chi connectivity index (χ3v) is 4.96. The zero-order valence-electron chi connectivity index (χ0n) is 18.0. The Morgan fingerprint density at radius 3 is 2.44 bits per heavy atom. The number of carboxylic acid groups (broad SMARTS) is 1. The molecule has 3 aromatic rings. The van der Waals surface area contributed by atoms with Gasteiger partial charge in [0.25, 0.3) is 11.8 Å². The molecule has 0 spiro atoms. The molecular formula is C23H23F2N3O4. The predicted octanol–water partition coefficient (Wildman–Crippen LogP) is 4.82. The van der Waals surface area contributed by atoms with Gasteiger partial charge in [-0.05, 0) is 43.7 Å². The molecule has 32 heavy (non-hydrogen) atoms. The third-order valence-electron chi connectivity index (χ3n) is 4.96. The summed E-state index contributed by atoms with van der Waals surface area (Å²) < 4.78 is 34.5. The van der Waals surface area contributed by atoms with Crippen molar-refractivity contribution >= 4 is 11.9 Å². The van der Waals surface area contributed by atoms with Gasteiger partial charge in [-0.1, -0.05) is 24.3 Å². The smallest absolute Gasteiger partial charge is 0.335 e. The Hall–Kier alpha value is -3.75. The molecule has 2 aromatic carbocycles. The van der Waals surface area contributed by atoms with Gasteiger partial charge in [0.15, 0.2) is 0 Å². The van der Waals surface area contributed by atoms with E-state index in [4.69, 9.17) is 9.84 Å². The first-order valence-electron chi connectivity index (χ1n) is 9.81. The van der Waals surface area contributed by atoms with Crippen LogP contribution in [-0.2, 0) is 13.0 Å². The minimum absolute atomic E-state index is 0.116. The van der Waals surface area contributed by atoms with E-state index in [-0.39, 0.29) is 28.3 Å². The van der Waals surface area contributed by atoms with Crippen LogP contribution in [0.2, 0.25) is 0 Å². The van der Waals surface area contributed by atoms with Gasteiger partial charge in [0.1, 0.15) is 11.3 Å². The first-order valence-corrected chi connectivity index (χ1v) is 9.81. The molecule has 0 fully saturated rings. The maximum Gasteiger partial charge on any atom is 0.335 e. The van der Waals surface area contributed by atoms with Crippen LogP contribution < -0.4 is 10.1 Å². The van der Waals surface area contributed by atoms with Gasteiger partial charge < -0.3 is 15.2 Å². The normalized spacial score (nSPS) is 12.3. The quantitative estimate of drug-likeness (QED) is 0.546. The van der Waals surface area contributed by atoms with E-state index in [0.717, 1.165) is 6.92 Å². The highest BCUT2D eigenvalue weighted by Gasteiger charge is 2.27. The topological polar surface area (TPSA) is 93.5 Å². The van der Waals surface area contributed by atoms with E-state index in [2.05, 4.69) is 10.4 Å². The monoisotopic (exact) mass is 443 g/mol. The van der Waals surface area contributed by atoms with Crippen molar-refractivity contribution in [2.75, 3.05) is 0 Å². The third kappa shape index (κ3) is 4.93. The second kappa shape index (κ2) is 8.78. The zero-order chi connectivity index (χ0) is 23.6. The number of halogens is 2. The lowest BCUT2D eigenvalue weighted by molar-refractivity contribution is 0.0172. The molecule has 0 aliphatic carbocycles. The van der Waals surface area contributed by atoms with E-state index in [0.29, 0.717) is 11.3 Å². The molecule has 0 unspecified atom stereocenters. The van der Waals surface area contributed by atoms with Crippen LogP contribution in [0.1, 0.15) is 57.4 Å². The average Bonchev–Trinajstić information content (AvgIpc) is 3.00. The number of rotatable bonds is 7. The molecule has 0 aliphatic rings. The first kappa shape index (κ1) is 22.9. The number of aromatic carboxylic acids is 1. The number of aromatic nitrogens is 2. The molecule has 7 nitrogen and oxygen atoms in total. The van der Waals surface area contributed by atoms with E-state index in [1.54, 1.807) is 33.0 Å².